The lowest BCUT2D eigenvalue weighted by molar-refractivity contribution is 0.101. The molecule has 4 nitrogen and oxygen atoms in total. The third-order valence-electron chi connectivity index (χ3n) is 4.73. The van der Waals surface area contributed by atoms with Crippen LogP contribution in [0.25, 0.3) is 0 Å². The fourth-order valence-electron chi connectivity index (χ4n) is 3.05. The van der Waals surface area contributed by atoms with Gasteiger partial charge in [0, 0.05) is 44.0 Å². The van der Waals surface area contributed by atoms with Gasteiger partial charge in [-0.2, -0.15) is 0 Å². The van der Waals surface area contributed by atoms with Crippen molar-refractivity contribution in [1.82, 2.24) is 9.80 Å². The highest BCUT2D eigenvalue weighted by atomic mass is 32.1. The fraction of sp³-hybridized carbons (Fsp3) is 0.333. The minimum atomic E-state index is 0.0730. The molecule has 0 aromatic heterocycles. The van der Waals surface area contributed by atoms with E-state index in [-0.39, 0.29) is 5.78 Å². The summed E-state index contributed by atoms with van der Waals surface area (Å²) in [5.74, 6) is 0.0730. The smallest absolute Gasteiger partial charge is 0.173 e. The zero-order valence-corrected chi connectivity index (χ0v) is 16.2. The Labute approximate surface area is 160 Å². The van der Waals surface area contributed by atoms with Crippen LogP contribution in [0.3, 0.4) is 0 Å². The summed E-state index contributed by atoms with van der Waals surface area (Å²) in [6, 6.07) is 16.2. The molecule has 1 heterocycles. The first kappa shape index (κ1) is 18.5. The van der Waals surface area contributed by atoms with Crippen LogP contribution in [0.2, 0.25) is 0 Å². The van der Waals surface area contributed by atoms with Crippen LogP contribution >= 0.6 is 12.2 Å². The number of Topliss-reactive ketones (excluding diaryl/α,β-unsaturated/α-hetero) is 1. The highest BCUT2D eigenvalue weighted by Gasteiger charge is 2.19. The molecular formula is C21H25N3OS. The Bertz CT molecular complexity index is 763. The van der Waals surface area contributed by atoms with Crippen LogP contribution in [0, 0.1) is 6.92 Å². The number of hydrogen-bond acceptors (Lipinski definition) is 3. The normalized spacial score (nSPS) is 14.9. The van der Waals surface area contributed by atoms with E-state index in [0.29, 0.717) is 5.56 Å². The van der Waals surface area contributed by atoms with Crippen molar-refractivity contribution in [3.05, 3.63) is 65.2 Å². The molecule has 3 rings (SSSR count). The quantitative estimate of drug-likeness (QED) is 0.658. The van der Waals surface area contributed by atoms with Gasteiger partial charge in [0.25, 0.3) is 0 Å². The zero-order chi connectivity index (χ0) is 18.5. The monoisotopic (exact) mass is 367 g/mol. The second-order valence-corrected chi connectivity index (χ2v) is 7.20. The van der Waals surface area contributed by atoms with E-state index < -0.39 is 0 Å². The molecule has 5 heteroatoms. The summed E-state index contributed by atoms with van der Waals surface area (Å²) >= 11 is 5.55. The molecule has 1 aliphatic heterocycles. The van der Waals surface area contributed by atoms with Crippen molar-refractivity contribution in [2.45, 2.75) is 20.4 Å². The summed E-state index contributed by atoms with van der Waals surface area (Å²) in [5.41, 5.74) is 4.29. The highest BCUT2D eigenvalue weighted by molar-refractivity contribution is 7.80. The van der Waals surface area contributed by atoms with E-state index >= 15 is 0 Å². The van der Waals surface area contributed by atoms with Crippen LogP contribution < -0.4 is 5.32 Å². The van der Waals surface area contributed by atoms with Crippen molar-refractivity contribution in [3.63, 3.8) is 0 Å². The summed E-state index contributed by atoms with van der Waals surface area (Å²) < 4.78 is 0. The molecule has 1 aliphatic rings. The molecule has 0 radical (unpaired) electrons. The number of aryl methyl sites for hydroxylation is 1. The van der Waals surface area contributed by atoms with Crippen LogP contribution in [0.5, 0.6) is 0 Å². The van der Waals surface area contributed by atoms with Crippen molar-refractivity contribution in [2.75, 3.05) is 31.5 Å². The Morgan fingerprint density at radius 3 is 2.19 bits per heavy atom. The number of anilines is 1. The van der Waals surface area contributed by atoms with Gasteiger partial charge in [0.15, 0.2) is 10.9 Å². The van der Waals surface area contributed by atoms with E-state index in [2.05, 4.69) is 46.3 Å². The Morgan fingerprint density at radius 1 is 1.00 bits per heavy atom. The van der Waals surface area contributed by atoms with Crippen LogP contribution in [-0.2, 0) is 6.54 Å². The first-order valence-corrected chi connectivity index (χ1v) is 9.37. The van der Waals surface area contributed by atoms with Crippen molar-refractivity contribution in [3.8, 4) is 0 Å². The van der Waals surface area contributed by atoms with Gasteiger partial charge in [0.05, 0.1) is 0 Å². The van der Waals surface area contributed by atoms with Crippen molar-refractivity contribution in [2.24, 2.45) is 0 Å². The first-order chi connectivity index (χ1) is 12.5. The third kappa shape index (κ3) is 4.90. The fourth-order valence-corrected chi connectivity index (χ4v) is 3.35. The average Bonchev–Trinajstić information content (AvgIpc) is 2.64. The highest BCUT2D eigenvalue weighted by Crippen LogP contribution is 2.13. The number of thiocarbonyl (C=S) groups is 1. The summed E-state index contributed by atoms with van der Waals surface area (Å²) in [7, 11) is 0. The molecule has 2 aromatic rings. The minimum Gasteiger partial charge on any atom is -0.346 e. The topological polar surface area (TPSA) is 35.6 Å². The predicted octanol–water partition coefficient (Wildman–Crippen LogP) is 3.71. The Hall–Kier alpha value is -2.24. The SMILES string of the molecule is CC(=O)c1ccc(NC(=S)N2CCN(Cc3ccc(C)cc3)CC2)cc1. The van der Waals surface area contributed by atoms with E-state index in [4.69, 9.17) is 12.2 Å². The van der Waals surface area contributed by atoms with E-state index in [1.165, 1.54) is 11.1 Å². The van der Waals surface area contributed by atoms with Crippen LogP contribution in [0.4, 0.5) is 5.69 Å². The molecule has 136 valence electrons. The maximum Gasteiger partial charge on any atom is 0.173 e. The second-order valence-electron chi connectivity index (χ2n) is 6.81. The Morgan fingerprint density at radius 2 is 1.62 bits per heavy atom. The van der Waals surface area contributed by atoms with E-state index in [1.54, 1.807) is 6.92 Å². The molecule has 26 heavy (non-hydrogen) atoms. The largest absolute Gasteiger partial charge is 0.346 e. The number of nitrogens with zero attached hydrogens (tertiary/aromatic N) is 2. The van der Waals surface area contributed by atoms with Gasteiger partial charge in [0.2, 0.25) is 0 Å². The summed E-state index contributed by atoms with van der Waals surface area (Å²) in [6.45, 7) is 8.51. The Kier molecular flexibility index (Phi) is 6.01. The van der Waals surface area contributed by atoms with Gasteiger partial charge in [-0.05, 0) is 55.9 Å². The maximum atomic E-state index is 11.3. The summed E-state index contributed by atoms with van der Waals surface area (Å²) in [6.07, 6.45) is 0. The lowest BCUT2D eigenvalue weighted by Gasteiger charge is -2.36. The molecule has 0 aliphatic carbocycles. The van der Waals surface area contributed by atoms with Crippen LogP contribution in [-0.4, -0.2) is 46.9 Å². The predicted molar refractivity (Wildman–Crippen MR) is 111 cm³/mol. The summed E-state index contributed by atoms with van der Waals surface area (Å²) in [4.78, 5) is 16.0. The van der Waals surface area contributed by atoms with Crippen LogP contribution in [0.15, 0.2) is 48.5 Å². The summed E-state index contributed by atoms with van der Waals surface area (Å²) in [5, 5.41) is 4.02. The number of piperazine rings is 1. The van der Waals surface area contributed by atoms with Crippen LogP contribution in [0.1, 0.15) is 28.4 Å². The molecular weight excluding hydrogens is 342 g/mol. The Balaban J connectivity index is 1.48. The number of carbonyl (C=O) groups is 1. The zero-order valence-electron chi connectivity index (χ0n) is 15.4. The molecule has 0 spiro atoms. The number of carbonyl (C=O) groups excluding carboxylic acids is 1. The van der Waals surface area contributed by atoms with Gasteiger partial charge in [-0.3, -0.25) is 9.69 Å². The third-order valence-corrected chi connectivity index (χ3v) is 5.09. The molecule has 1 N–H and O–H groups in total. The lowest BCUT2D eigenvalue weighted by atomic mass is 10.1. The molecule has 1 fully saturated rings. The van der Waals surface area contributed by atoms with Gasteiger partial charge in [-0.25, -0.2) is 0 Å². The number of benzene rings is 2. The number of rotatable bonds is 4. The van der Waals surface area contributed by atoms with Crippen molar-refractivity contribution in [1.29, 1.82) is 0 Å². The molecule has 0 bridgehead atoms. The molecule has 0 saturated carbocycles. The second kappa shape index (κ2) is 8.43. The molecule has 0 atom stereocenters. The van der Waals surface area contributed by atoms with Gasteiger partial charge in [-0.1, -0.05) is 29.8 Å². The number of hydrogen-bond donors (Lipinski definition) is 1. The molecule has 0 unspecified atom stereocenters. The first-order valence-electron chi connectivity index (χ1n) is 8.96. The minimum absolute atomic E-state index is 0.0730. The lowest BCUT2D eigenvalue weighted by Crippen LogP contribution is -2.49. The van der Waals surface area contributed by atoms with E-state index in [9.17, 15) is 4.79 Å². The van der Waals surface area contributed by atoms with Gasteiger partial charge < -0.3 is 10.2 Å². The number of nitrogens with one attached hydrogen (secondary N) is 1. The van der Waals surface area contributed by atoms with Crippen molar-refractivity contribution < 1.29 is 4.79 Å². The molecule has 2 aromatic carbocycles. The standard InChI is InChI=1S/C21H25N3OS/c1-16-3-5-18(6-4-16)15-23-11-13-24(14-12-23)21(26)22-20-9-7-19(8-10-20)17(2)25/h3-10H,11-15H2,1-2H3,(H,22,26). The van der Waals surface area contributed by atoms with E-state index in [1.807, 2.05) is 24.3 Å². The molecule has 0 amide bonds. The van der Waals surface area contributed by atoms with Crippen molar-refractivity contribution >= 4 is 28.8 Å². The average molecular weight is 368 g/mol. The maximum absolute atomic E-state index is 11.3. The van der Waals surface area contributed by atoms with Gasteiger partial charge in [0.1, 0.15) is 0 Å². The number of ketones is 1. The van der Waals surface area contributed by atoms with Gasteiger partial charge in [-0.15, -0.1) is 0 Å². The molecule has 1 saturated heterocycles. The van der Waals surface area contributed by atoms with Gasteiger partial charge >= 0.3 is 0 Å². The van der Waals surface area contributed by atoms with E-state index in [0.717, 1.165) is 43.5 Å².